The predicted octanol–water partition coefficient (Wildman–Crippen LogP) is 2.05. The Labute approximate surface area is 75.9 Å². The molecule has 0 spiro atoms. The lowest BCUT2D eigenvalue weighted by Crippen LogP contribution is -2.45. The molecule has 1 aliphatic carbocycles. The normalized spacial score (nSPS) is 23.0. The average Bonchev–Trinajstić information content (AvgIpc) is 2.07. The summed E-state index contributed by atoms with van der Waals surface area (Å²) in [6, 6.07) is 0.533. The van der Waals surface area contributed by atoms with Crippen molar-refractivity contribution in [2.45, 2.75) is 52.0 Å². The lowest BCUT2D eigenvalue weighted by Gasteiger charge is -2.32. The molecule has 1 fully saturated rings. The van der Waals surface area contributed by atoms with E-state index < -0.39 is 0 Å². The molecule has 0 bridgehead atoms. The van der Waals surface area contributed by atoms with Gasteiger partial charge in [0, 0.05) is 6.04 Å². The topological polar surface area (TPSA) is 38.0 Å². The molecule has 12 heavy (non-hydrogen) atoms. The summed E-state index contributed by atoms with van der Waals surface area (Å²) in [5.41, 5.74) is 2.97. The number of hydrogen-bond donors (Lipinski definition) is 2. The Bertz CT molecular complexity index is 117. The molecule has 0 aromatic heterocycles. The third-order valence-corrected chi connectivity index (χ3v) is 3.07. The van der Waals surface area contributed by atoms with Crippen LogP contribution in [0.15, 0.2) is 0 Å². The van der Waals surface area contributed by atoms with Crippen LogP contribution in [0.4, 0.5) is 0 Å². The highest BCUT2D eigenvalue weighted by Crippen LogP contribution is 2.28. The van der Waals surface area contributed by atoms with Gasteiger partial charge in [0.1, 0.15) is 0 Å². The average molecular weight is 170 g/mol. The van der Waals surface area contributed by atoms with Crippen LogP contribution in [-0.2, 0) is 0 Å². The van der Waals surface area contributed by atoms with Crippen LogP contribution in [0.5, 0.6) is 0 Å². The lowest BCUT2D eigenvalue weighted by atomic mass is 9.80. The summed E-state index contributed by atoms with van der Waals surface area (Å²) in [7, 11) is 0. The fourth-order valence-electron chi connectivity index (χ4n) is 2.37. The van der Waals surface area contributed by atoms with Gasteiger partial charge in [0.25, 0.3) is 0 Å². The molecule has 0 heterocycles. The highest BCUT2D eigenvalue weighted by molar-refractivity contribution is 4.79. The van der Waals surface area contributed by atoms with Crippen LogP contribution in [0, 0.1) is 11.8 Å². The van der Waals surface area contributed by atoms with Crippen molar-refractivity contribution in [3.63, 3.8) is 0 Å². The van der Waals surface area contributed by atoms with E-state index in [-0.39, 0.29) is 0 Å². The van der Waals surface area contributed by atoms with E-state index in [1.807, 2.05) is 0 Å². The summed E-state index contributed by atoms with van der Waals surface area (Å²) < 4.78 is 0. The first kappa shape index (κ1) is 10.0. The summed E-state index contributed by atoms with van der Waals surface area (Å²) in [6.07, 6.45) is 6.96. The Kier molecular flexibility index (Phi) is 4.02. The monoisotopic (exact) mass is 170 g/mol. The Hall–Kier alpha value is -0.0800. The SMILES string of the molecule is CC(C)C(NN)C1CCCCC1. The number of nitrogens with two attached hydrogens (primary N) is 1. The number of hydrazine groups is 1. The van der Waals surface area contributed by atoms with Crippen molar-refractivity contribution in [3.05, 3.63) is 0 Å². The second kappa shape index (κ2) is 4.83. The van der Waals surface area contributed by atoms with Gasteiger partial charge in [-0.3, -0.25) is 11.3 Å². The van der Waals surface area contributed by atoms with Crippen molar-refractivity contribution in [2.75, 3.05) is 0 Å². The summed E-state index contributed by atoms with van der Waals surface area (Å²) in [6.45, 7) is 4.50. The van der Waals surface area contributed by atoms with Gasteiger partial charge in [-0.1, -0.05) is 33.1 Å². The minimum Gasteiger partial charge on any atom is -0.271 e. The summed E-state index contributed by atoms with van der Waals surface area (Å²) >= 11 is 0. The Morgan fingerprint density at radius 2 is 1.75 bits per heavy atom. The van der Waals surface area contributed by atoms with Crippen LogP contribution in [0.2, 0.25) is 0 Å². The van der Waals surface area contributed by atoms with Gasteiger partial charge in [-0.2, -0.15) is 0 Å². The molecule has 1 saturated carbocycles. The van der Waals surface area contributed by atoms with Gasteiger partial charge in [0.15, 0.2) is 0 Å². The molecule has 72 valence electrons. The van der Waals surface area contributed by atoms with E-state index in [9.17, 15) is 0 Å². The molecule has 0 radical (unpaired) electrons. The molecule has 0 aliphatic heterocycles. The van der Waals surface area contributed by atoms with E-state index in [0.717, 1.165) is 5.92 Å². The molecule has 1 aliphatic rings. The zero-order chi connectivity index (χ0) is 8.97. The Balaban J connectivity index is 2.40. The van der Waals surface area contributed by atoms with Gasteiger partial charge < -0.3 is 0 Å². The van der Waals surface area contributed by atoms with E-state index in [2.05, 4.69) is 19.3 Å². The zero-order valence-corrected chi connectivity index (χ0v) is 8.34. The predicted molar refractivity (Wildman–Crippen MR) is 52.5 cm³/mol. The number of rotatable bonds is 3. The molecule has 0 amide bonds. The van der Waals surface area contributed by atoms with Crippen molar-refractivity contribution in [3.8, 4) is 0 Å². The van der Waals surface area contributed by atoms with Crippen LogP contribution in [0.25, 0.3) is 0 Å². The fraction of sp³-hybridized carbons (Fsp3) is 1.00. The van der Waals surface area contributed by atoms with Crippen molar-refractivity contribution < 1.29 is 0 Å². The number of hydrogen-bond acceptors (Lipinski definition) is 2. The third-order valence-electron chi connectivity index (χ3n) is 3.07. The van der Waals surface area contributed by atoms with E-state index in [0.29, 0.717) is 12.0 Å². The second-order valence-corrected chi connectivity index (χ2v) is 4.33. The minimum atomic E-state index is 0.533. The molecule has 0 saturated heterocycles. The van der Waals surface area contributed by atoms with Crippen LogP contribution < -0.4 is 11.3 Å². The highest BCUT2D eigenvalue weighted by atomic mass is 15.2. The standard InChI is InChI=1S/C10H22N2/c1-8(2)10(12-11)9-6-4-3-5-7-9/h8-10,12H,3-7,11H2,1-2H3. The van der Waals surface area contributed by atoms with Crippen molar-refractivity contribution in [1.82, 2.24) is 5.43 Å². The zero-order valence-electron chi connectivity index (χ0n) is 8.34. The van der Waals surface area contributed by atoms with Gasteiger partial charge in [-0.25, -0.2) is 0 Å². The van der Waals surface area contributed by atoms with E-state index in [4.69, 9.17) is 5.84 Å². The fourth-order valence-corrected chi connectivity index (χ4v) is 2.37. The molecule has 1 unspecified atom stereocenters. The Morgan fingerprint density at radius 1 is 1.17 bits per heavy atom. The van der Waals surface area contributed by atoms with Gasteiger partial charge >= 0.3 is 0 Å². The molecule has 0 aromatic carbocycles. The largest absolute Gasteiger partial charge is 0.271 e. The maximum absolute atomic E-state index is 5.55. The quantitative estimate of drug-likeness (QED) is 0.502. The first-order chi connectivity index (χ1) is 5.75. The maximum Gasteiger partial charge on any atom is 0.0261 e. The van der Waals surface area contributed by atoms with Crippen LogP contribution in [0.3, 0.4) is 0 Å². The van der Waals surface area contributed by atoms with Crippen LogP contribution in [0.1, 0.15) is 46.0 Å². The van der Waals surface area contributed by atoms with Crippen molar-refractivity contribution in [2.24, 2.45) is 17.7 Å². The summed E-state index contributed by atoms with van der Waals surface area (Å²) in [5.74, 6) is 7.04. The first-order valence-electron chi connectivity index (χ1n) is 5.22. The molecular formula is C10H22N2. The maximum atomic E-state index is 5.55. The van der Waals surface area contributed by atoms with E-state index in [1.54, 1.807) is 0 Å². The smallest absolute Gasteiger partial charge is 0.0261 e. The van der Waals surface area contributed by atoms with Crippen LogP contribution >= 0.6 is 0 Å². The van der Waals surface area contributed by atoms with Gasteiger partial charge in [-0.15, -0.1) is 0 Å². The van der Waals surface area contributed by atoms with Gasteiger partial charge in [0.05, 0.1) is 0 Å². The molecule has 1 rings (SSSR count). The lowest BCUT2D eigenvalue weighted by molar-refractivity contribution is 0.225. The first-order valence-corrected chi connectivity index (χ1v) is 5.22. The van der Waals surface area contributed by atoms with Crippen molar-refractivity contribution >= 4 is 0 Å². The highest BCUT2D eigenvalue weighted by Gasteiger charge is 2.24. The summed E-state index contributed by atoms with van der Waals surface area (Å²) in [5, 5.41) is 0. The van der Waals surface area contributed by atoms with Gasteiger partial charge in [-0.05, 0) is 24.7 Å². The molecular weight excluding hydrogens is 148 g/mol. The molecule has 1 atom stereocenters. The molecule has 2 heteroatoms. The molecule has 2 nitrogen and oxygen atoms in total. The van der Waals surface area contributed by atoms with Crippen LogP contribution in [-0.4, -0.2) is 6.04 Å². The number of nitrogens with one attached hydrogen (secondary N) is 1. The Morgan fingerprint density at radius 3 is 2.17 bits per heavy atom. The van der Waals surface area contributed by atoms with E-state index >= 15 is 0 Å². The van der Waals surface area contributed by atoms with Crippen molar-refractivity contribution in [1.29, 1.82) is 0 Å². The third kappa shape index (κ3) is 2.46. The van der Waals surface area contributed by atoms with E-state index in [1.165, 1.54) is 32.1 Å². The second-order valence-electron chi connectivity index (χ2n) is 4.33. The van der Waals surface area contributed by atoms with Gasteiger partial charge in [0.2, 0.25) is 0 Å². The molecule has 3 N–H and O–H groups in total. The molecule has 0 aromatic rings. The minimum absolute atomic E-state index is 0.533. The summed E-state index contributed by atoms with van der Waals surface area (Å²) in [4.78, 5) is 0.